The Kier molecular flexibility index (Phi) is 12.6. The first-order chi connectivity index (χ1) is 19.1. The van der Waals surface area contributed by atoms with Gasteiger partial charge in [0.1, 0.15) is 5.82 Å². The Morgan fingerprint density at radius 1 is 0.872 bits per heavy atom. The van der Waals surface area contributed by atoms with Crippen molar-refractivity contribution in [3.63, 3.8) is 0 Å². The number of ether oxygens (including phenoxy) is 2. The molecule has 1 heterocycles. The van der Waals surface area contributed by atoms with Gasteiger partial charge in [-0.05, 0) is 35.4 Å². The van der Waals surface area contributed by atoms with E-state index in [4.69, 9.17) is 15.2 Å². The lowest BCUT2D eigenvalue weighted by Gasteiger charge is -2.11. The van der Waals surface area contributed by atoms with E-state index in [-0.39, 0.29) is 18.1 Å². The first-order valence-electron chi connectivity index (χ1n) is 12.6. The van der Waals surface area contributed by atoms with Crippen LogP contribution in [0.15, 0.2) is 61.2 Å². The third kappa shape index (κ3) is 11.4. The number of nitrogens with one attached hydrogen (secondary N) is 4. The number of benzene rings is 2. The number of nitrogens with zero attached hydrogens (tertiary/aromatic N) is 3. The highest BCUT2D eigenvalue weighted by atomic mass is 19.1. The van der Waals surface area contributed by atoms with Gasteiger partial charge in [-0.25, -0.2) is 4.39 Å². The number of carbonyl (C=O) groups is 1. The molecule has 0 fully saturated rings. The van der Waals surface area contributed by atoms with Crippen LogP contribution in [0.25, 0.3) is 0 Å². The predicted octanol–water partition coefficient (Wildman–Crippen LogP) is 2.61. The van der Waals surface area contributed by atoms with E-state index in [0.717, 1.165) is 16.8 Å². The van der Waals surface area contributed by atoms with Crippen LogP contribution in [0.2, 0.25) is 0 Å². The molecule has 12 heteroatoms. The molecule has 0 saturated heterocycles. The van der Waals surface area contributed by atoms with Crippen molar-refractivity contribution in [2.45, 2.75) is 13.0 Å². The Labute approximate surface area is 227 Å². The Hall–Kier alpha value is -4.13. The van der Waals surface area contributed by atoms with E-state index < -0.39 is 0 Å². The number of aromatic nitrogens is 3. The third-order valence-electron chi connectivity index (χ3n) is 5.18. The van der Waals surface area contributed by atoms with Crippen molar-refractivity contribution < 1.29 is 18.7 Å². The summed E-state index contributed by atoms with van der Waals surface area (Å²) in [7, 11) is 0. The summed E-state index contributed by atoms with van der Waals surface area (Å²) in [6.07, 6.45) is 1.95. The van der Waals surface area contributed by atoms with E-state index in [1.807, 2.05) is 24.3 Å². The van der Waals surface area contributed by atoms with E-state index in [1.54, 1.807) is 18.2 Å². The molecule has 0 aliphatic heterocycles. The van der Waals surface area contributed by atoms with Crippen LogP contribution < -0.4 is 27.0 Å². The summed E-state index contributed by atoms with van der Waals surface area (Å²) >= 11 is 0. The Morgan fingerprint density at radius 3 is 2.21 bits per heavy atom. The predicted molar refractivity (Wildman–Crippen MR) is 149 cm³/mol. The molecule has 0 saturated carbocycles. The molecule has 39 heavy (non-hydrogen) atoms. The fourth-order valence-electron chi connectivity index (χ4n) is 3.29. The first kappa shape index (κ1) is 29.4. The second-order valence-corrected chi connectivity index (χ2v) is 8.32. The van der Waals surface area contributed by atoms with Crippen LogP contribution in [0.5, 0.6) is 0 Å². The maximum absolute atomic E-state index is 13.2. The maximum Gasteiger partial charge on any atom is 0.233 e. The molecule has 3 aromatic rings. The average Bonchev–Trinajstić information content (AvgIpc) is 2.94. The van der Waals surface area contributed by atoms with E-state index in [9.17, 15) is 9.18 Å². The van der Waals surface area contributed by atoms with Gasteiger partial charge in [-0.2, -0.15) is 15.0 Å². The number of carbonyl (C=O) groups excluding carboxylic acids is 1. The van der Waals surface area contributed by atoms with Gasteiger partial charge in [0, 0.05) is 31.9 Å². The standard InChI is InChI=1S/C27H35FN8O3/c1-2-12-31-25-34-26(32-19-21-3-7-22(28)8-4-21)36-27(35-25)33-23-9-5-20(6-10-23)18-24(37)30-13-15-39-17-16-38-14-11-29/h2-10H,1,11-19,29H2,(H,30,37)(H3,31,32,33,34,35,36). The molecule has 0 aliphatic rings. The van der Waals surface area contributed by atoms with Gasteiger partial charge in [-0.1, -0.05) is 30.3 Å². The summed E-state index contributed by atoms with van der Waals surface area (Å²) in [6.45, 7) is 7.37. The Balaban J connectivity index is 1.50. The lowest BCUT2D eigenvalue weighted by Crippen LogP contribution is -2.29. The largest absolute Gasteiger partial charge is 0.378 e. The number of nitrogens with two attached hydrogens (primary N) is 1. The van der Waals surface area contributed by atoms with Crippen molar-refractivity contribution in [2.75, 3.05) is 62.0 Å². The van der Waals surface area contributed by atoms with Crippen molar-refractivity contribution in [2.24, 2.45) is 5.73 Å². The van der Waals surface area contributed by atoms with Crippen molar-refractivity contribution in [1.29, 1.82) is 0 Å². The molecule has 3 rings (SSSR count). The number of anilines is 4. The van der Waals surface area contributed by atoms with Gasteiger partial charge in [0.05, 0.1) is 32.8 Å². The second-order valence-electron chi connectivity index (χ2n) is 8.32. The van der Waals surface area contributed by atoms with Crippen molar-refractivity contribution >= 4 is 29.4 Å². The topological polar surface area (TPSA) is 148 Å². The van der Waals surface area contributed by atoms with Crippen molar-refractivity contribution in [3.05, 3.63) is 78.1 Å². The van der Waals surface area contributed by atoms with Crippen LogP contribution in [0, 0.1) is 5.82 Å². The highest BCUT2D eigenvalue weighted by molar-refractivity contribution is 5.78. The lowest BCUT2D eigenvalue weighted by atomic mass is 10.1. The van der Waals surface area contributed by atoms with Crippen LogP contribution in [0.3, 0.4) is 0 Å². The molecule has 0 bridgehead atoms. The number of amides is 1. The van der Waals surface area contributed by atoms with Gasteiger partial charge >= 0.3 is 0 Å². The monoisotopic (exact) mass is 538 g/mol. The molecule has 6 N–H and O–H groups in total. The van der Waals surface area contributed by atoms with Crippen LogP contribution >= 0.6 is 0 Å². The summed E-state index contributed by atoms with van der Waals surface area (Å²) < 4.78 is 23.8. The molecule has 0 atom stereocenters. The summed E-state index contributed by atoms with van der Waals surface area (Å²) in [5, 5.41) is 12.2. The fraction of sp³-hybridized carbons (Fsp3) is 0.333. The zero-order valence-electron chi connectivity index (χ0n) is 21.8. The molecule has 1 aromatic heterocycles. The van der Waals surface area contributed by atoms with Gasteiger partial charge < -0.3 is 36.5 Å². The molecule has 208 valence electrons. The molecule has 0 aliphatic carbocycles. The highest BCUT2D eigenvalue weighted by Gasteiger charge is 2.08. The molecule has 11 nitrogen and oxygen atoms in total. The molecule has 2 aromatic carbocycles. The lowest BCUT2D eigenvalue weighted by molar-refractivity contribution is -0.120. The molecule has 0 radical (unpaired) electrons. The minimum Gasteiger partial charge on any atom is -0.378 e. The average molecular weight is 539 g/mol. The Morgan fingerprint density at radius 2 is 1.51 bits per heavy atom. The molecule has 0 unspecified atom stereocenters. The highest BCUT2D eigenvalue weighted by Crippen LogP contribution is 2.17. The van der Waals surface area contributed by atoms with Gasteiger partial charge in [0.25, 0.3) is 0 Å². The maximum atomic E-state index is 13.2. The number of halogens is 1. The fourth-order valence-corrected chi connectivity index (χ4v) is 3.29. The van der Waals surface area contributed by atoms with Crippen molar-refractivity contribution in [1.82, 2.24) is 20.3 Å². The van der Waals surface area contributed by atoms with Crippen LogP contribution in [0.4, 0.5) is 27.9 Å². The van der Waals surface area contributed by atoms with E-state index >= 15 is 0 Å². The van der Waals surface area contributed by atoms with E-state index in [2.05, 4.69) is 42.8 Å². The molecular weight excluding hydrogens is 503 g/mol. The molecule has 0 spiro atoms. The molecular formula is C27H35FN8O3. The van der Waals surface area contributed by atoms with Crippen molar-refractivity contribution in [3.8, 4) is 0 Å². The molecule has 1 amide bonds. The van der Waals surface area contributed by atoms with E-state index in [0.29, 0.717) is 70.5 Å². The SMILES string of the molecule is C=CCNc1nc(NCc2ccc(F)cc2)nc(Nc2ccc(CC(=O)NCCOCCOCCN)cc2)n1. The smallest absolute Gasteiger partial charge is 0.233 e. The van der Waals surface area contributed by atoms with Crippen LogP contribution in [0.1, 0.15) is 11.1 Å². The first-order valence-corrected chi connectivity index (χ1v) is 12.6. The number of hydrogen-bond donors (Lipinski definition) is 5. The van der Waals surface area contributed by atoms with E-state index in [1.165, 1.54) is 12.1 Å². The summed E-state index contributed by atoms with van der Waals surface area (Å²) in [4.78, 5) is 25.4. The van der Waals surface area contributed by atoms with Crippen LogP contribution in [-0.2, 0) is 27.2 Å². The van der Waals surface area contributed by atoms with Crippen LogP contribution in [-0.4, -0.2) is 66.9 Å². The third-order valence-corrected chi connectivity index (χ3v) is 5.18. The van der Waals surface area contributed by atoms with Gasteiger partial charge in [0.15, 0.2) is 0 Å². The number of rotatable bonds is 18. The minimum atomic E-state index is -0.293. The normalized spacial score (nSPS) is 10.6. The zero-order valence-corrected chi connectivity index (χ0v) is 21.8. The second kappa shape index (κ2) is 16.7. The summed E-state index contributed by atoms with van der Waals surface area (Å²) in [6, 6.07) is 13.6. The zero-order chi connectivity index (χ0) is 27.7. The minimum absolute atomic E-state index is 0.0917. The summed E-state index contributed by atoms with van der Waals surface area (Å²) in [5.74, 6) is 0.667. The Bertz CT molecular complexity index is 1160. The van der Waals surface area contributed by atoms with Gasteiger partial charge in [0.2, 0.25) is 23.8 Å². The quantitative estimate of drug-likeness (QED) is 0.121. The van der Waals surface area contributed by atoms with Gasteiger partial charge in [-0.15, -0.1) is 6.58 Å². The summed E-state index contributed by atoms with van der Waals surface area (Å²) in [5.41, 5.74) is 7.83. The van der Waals surface area contributed by atoms with Gasteiger partial charge in [-0.3, -0.25) is 4.79 Å². The number of hydrogen-bond acceptors (Lipinski definition) is 10.